The molecule has 0 bridgehead atoms. The lowest BCUT2D eigenvalue weighted by Crippen LogP contribution is -2.10. The van der Waals surface area contributed by atoms with Crippen LogP contribution in [0.25, 0.3) is 10.9 Å². The van der Waals surface area contributed by atoms with Crippen LogP contribution in [-0.4, -0.2) is 16.5 Å². The van der Waals surface area contributed by atoms with Crippen LogP contribution < -0.4 is 5.73 Å². The van der Waals surface area contributed by atoms with Gasteiger partial charge in [0.25, 0.3) is 0 Å². The number of H-pyrrole nitrogens is 1. The Morgan fingerprint density at radius 3 is 3.15 bits per heavy atom. The van der Waals surface area contributed by atoms with Gasteiger partial charge in [-0.05, 0) is 12.1 Å². The molecule has 0 aliphatic rings. The number of hydrogen-bond acceptors (Lipinski definition) is 2. The summed E-state index contributed by atoms with van der Waals surface area (Å²) in [5, 5.41) is 1.18. The zero-order valence-electron chi connectivity index (χ0n) is 7.62. The maximum Gasteiger partial charge on any atom is 0.0537 e. The summed E-state index contributed by atoms with van der Waals surface area (Å²) in [4.78, 5) is 7.51. The van der Waals surface area contributed by atoms with Crippen LogP contribution in [0, 0.1) is 0 Å². The Hall–Kier alpha value is -1.35. The minimum atomic E-state index is 0.319. The third-order valence-corrected chi connectivity index (χ3v) is 2.33. The van der Waals surface area contributed by atoms with Gasteiger partial charge < -0.3 is 10.7 Å². The van der Waals surface area contributed by atoms with E-state index in [4.69, 9.17) is 5.73 Å². The lowest BCUT2D eigenvalue weighted by atomic mass is 10.0. The molecular weight excluding hydrogens is 162 g/mol. The van der Waals surface area contributed by atoms with Gasteiger partial charge in [0, 0.05) is 35.8 Å². The topological polar surface area (TPSA) is 54.7 Å². The standard InChI is InChI=1S/C10H13N3/c1-7(6-11)10-8-2-4-12-9(8)3-5-13-10/h2-5,7,12H,6,11H2,1H3/t7-/m0/s1. The highest BCUT2D eigenvalue weighted by Gasteiger charge is 2.08. The van der Waals surface area contributed by atoms with Crippen LogP contribution in [0.1, 0.15) is 18.5 Å². The minimum Gasteiger partial charge on any atom is -0.361 e. The van der Waals surface area contributed by atoms with Gasteiger partial charge in [-0.25, -0.2) is 0 Å². The van der Waals surface area contributed by atoms with Gasteiger partial charge >= 0.3 is 0 Å². The minimum absolute atomic E-state index is 0.319. The van der Waals surface area contributed by atoms with E-state index in [0.29, 0.717) is 12.5 Å². The molecule has 3 heteroatoms. The first kappa shape index (κ1) is 8.26. The van der Waals surface area contributed by atoms with Gasteiger partial charge in [0.2, 0.25) is 0 Å². The summed E-state index contributed by atoms with van der Waals surface area (Å²) in [5.41, 5.74) is 7.83. The largest absolute Gasteiger partial charge is 0.361 e. The molecule has 68 valence electrons. The monoisotopic (exact) mass is 175 g/mol. The molecule has 3 N–H and O–H groups in total. The van der Waals surface area contributed by atoms with Crippen LogP contribution in [0.4, 0.5) is 0 Å². The fourth-order valence-electron chi connectivity index (χ4n) is 1.51. The van der Waals surface area contributed by atoms with E-state index in [0.717, 1.165) is 11.2 Å². The van der Waals surface area contributed by atoms with Crippen molar-refractivity contribution in [3.05, 3.63) is 30.2 Å². The van der Waals surface area contributed by atoms with Gasteiger partial charge in [-0.15, -0.1) is 0 Å². The molecule has 2 heterocycles. The van der Waals surface area contributed by atoms with Crippen molar-refractivity contribution >= 4 is 10.9 Å². The Labute approximate surface area is 77.0 Å². The average molecular weight is 175 g/mol. The number of fused-ring (bicyclic) bond motifs is 1. The zero-order chi connectivity index (χ0) is 9.26. The van der Waals surface area contributed by atoms with Crippen LogP contribution in [0.5, 0.6) is 0 Å². The molecule has 0 spiro atoms. The average Bonchev–Trinajstić information content (AvgIpc) is 2.63. The molecule has 0 aliphatic heterocycles. The van der Waals surface area contributed by atoms with Crippen LogP contribution in [-0.2, 0) is 0 Å². The van der Waals surface area contributed by atoms with E-state index in [9.17, 15) is 0 Å². The van der Waals surface area contributed by atoms with Gasteiger partial charge in [-0.2, -0.15) is 0 Å². The summed E-state index contributed by atoms with van der Waals surface area (Å²) in [7, 11) is 0. The third-order valence-electron chi connectivity index (χ3n) is 2.33. The van der Waals surface area contributed by atoms with Crippen LogP contribution >= 0.6 is 0 Å². The second-order valence-electron chi connectivity index (χ2n) is 3.27. The zero-order valence-corrected chi connectivity index (χ0v) is 7.62. The smallest absolute Gasteiger partial charge is 0.0537 e. The SMILES string of the molecule is C[C@@H](CN)c1nccc2[nH]ccc12. The van der Waals surface area contributed by atoms with Crippen molar-refractivity contribution in [3.8, 4) is 0 Å². The van der Waals surface area contributed by atoms with Crippen molar-refractivity contribution in [1.82, 2.24) is 9.97 Å². The Kier molecular flexibility index (Phi) is 2.02. The highest BCUT2D eigenvalue weighted by atomic mass is 14.7. The van der Waals surface area contributed by atoms with E-state index in [-0.39, 0.29) is 0 Å². The van der Waals surface area contributed by atoms with Crippen LogP contribution in [0.3, 0.4) is 0 Å². The van der Waals surface area contributed by atoms with Gasteiger partial charge in [0.1, 0.15) is 0 Å². The van der Waals surface area contributed by atoms with Crippen molar-refractivity contribution < 1.29 is 0 Å². The van der Waals surface area contributed by atoms with Gasteiger partial charge in [0.15, 0.2) is 0 Å². The fourth-order valence-corrected chi connectivity index (χ4v) is 1.51. The summed E-state index contributed by atoms with van der Waals surface area (Å²) in [6, 6.07) is 4.02. The first-order chi connectivity index (χ1) is 6.33. The number of aromatic amines is 1. The number of nitrogens with one attached hydrogen (secondary N) is 1. The quantitative estimate of drug-likeness (QED) is 0.728. The van der Waals surface area contributed by atoms with E-state index in [1.807, 2.05) is 24.5 Å². The molecule has 2 rings (SSSR count). The molecule has 2 aromatic rings. The van der Waals surface area contributed by atoms with E-state index in [1.165, 1.54) is 5.39 Å². The third kappa shape index (κ3) is 1.31. The van der Waals surface area contributed by atoms with Crippen molar-refractivity contribution in [2.45, 2.75) is 12.8 Å². The predicted molar refractivity (Wildman–Crippen MR) is 53.6 cm³/mol. The summed E-state index contributed by atoms with van der Waals surface area (Å²) in [5.74, 6) is 0.319. The fraction of sp³-hybridized carbons (Fsp3) is 0.300. The molecular formula is C10H13N3. The maximum atomic E-state index is 5.61. The molecule has 0 unspecified atom stereocenters. The summed E-state index contributed by atoms with van der Waals surface area (Å²) < 4.78 is 0. The number of nitrogens with zero attached hydrogens (tertiary/aromatic N) is 1. The van der Waals surface area contributed by atoms with E-state index in [2.05, 4.69) is 16.9 Å². The van der Waals surface area contributed by atoms with E-state index >= 15 is 0 Å². The molecule has 2 aromatic heterocycles. The van der Waals surface area contributed by atoms with E-state index < -0.39 is 0 Å². The molecule has 13 heavy (non-hydrogen) atoms. The maximum absolute atomic E-state index is 5.61. The second kappa shape index (κ2) is 3.18. The number of pyridine rings is 1. The van der Waals surface area contributed by atoms with Gasteiger partial charge in [-0.3, -0.25) is 4.98 Å². The lowest BCUT2D eigenvalue weighted by Gasteiger charge is -2.08. The molecule has 0 fully saturated rings. The number of hydrogen-bond donors (Lipinski definition) is 2. The van der Waals surface area contributed by atoms with Crippen LogP contribution in [0.15, 0.2) is 24.5 Å². The molecule has 3 nitrogen and oxygen atoms in total. The summed E-state index contributed by atoms with van der Waals surface area (Å²) in [6.45, 7) is 2.73. The number of nitrogens with two attached hydrogens (primary N) is 1. The van der Waals surface area contributed by atoms with Crippen molar-refractivity contribution in [1.29, 1.82) is 0 Å². The summed E-state index contributed by atoms with van der Waals surface area (Å²) >= 11 is 0. The Morgan fingerprint density at radius 2 is 2.38 bits per heavy atom. The van der Waals surface area contributed by atoms with Gasteiger partial charge in [-0.1, -0.05) is 6.92 Å². The van der Waals surface area contributed by atoms with Crippen molar-refractivity contribution in [3.63, 3.8) is 0 Å². The molecule has 0 aromatic carbocycles. The highest BCUT2D eigenvalue weighted by molar-refractivity contribution is 5.81. The Morgan fingerprint density at radius 1 is 1.54 bits per heavy atom. The first-order valence-electron chi connectivity index (χ1n) is 4.45. The summed E-state index contributed by atoms with van der Waals surface area (Å²) in [6.07, 6.45) is 3.75. The molecule has 0 saturated carbocycles. The molecule has 0 amide bonds. The van der Waals surface area contributed by atoms with E-state index in [1.54, 1.807) is 0 Å². The van der Waals surface area contributed by atoms with Crippen molar-refractivity contribution in [2.75, 3.05) is 6.54 Å². The predicted octanol–water partition coefficient (Wildman–Crippen LogP) is 1.63. The number of rotatable bonds is 2. The van der Waals surface area contributed by atoms with Crippen molar-refractivity contribution in [2.24, 2.45) is 5.73 Å². The highest BCUT2D eigenvalue weighted by Crippen LogP contribution is 2.21. The second-order valence-corrected chi connectivity index (χ2v) is 3.27. The molecule has 0 radical (unpaired) electrons. The Balaban J connectivity index is 2.60. The molecule has 0 aliphatic carbocycles. The Bertz CT molecular complexity index is 405. The normalized spacial score (nSPS) is 13.4. The van der Waals surface area contributed by atoms with Gasteiger partial charge in [0.05, 0.1) is 5.69 Å². The lowest BCUT2D eigenvalue weighted by molar-refractivity contribution is 0.754. The number of aromatic nitrogens is 2. The molecule has 0 saturated heterocycles. The van der Waals surface area contributed by atoms with Crippen LogP contribution in [0.2, 0.25) is 0 Å². The molecule has 1 atom stereocenters. The first-order valence-corrected chi connectivity index (χ1v) is 4.45.